The third-order valence-electron chi connectivity index (χ3n) is 10.8. The van der Waals surface area contributed by atoms with Crippen molar-refractivity contribution in [3.05, 3.63) is 88.6 Å². The zero-order chi connectivity index (χ0) is 40.2. The molecule has 16 heteroatoms. The molecule has 57 heavy (non-hydrogen) atoms. The Morgan fingerprint density at radius 1 is 1.09 bits per heavy atom. The van der Waals surface area contributed by atoms with Gasteiger partial charge < -0.3 is 29.5 Å². The highest BCUT2D eigenvalue weighted by atomic mass is 32.1. The molecule has 2 aromatic heterocycles. The number of methoxy groups -OCH3 is 1. The highest BCUT2D eigenvalue weighted by molar-refractivity contribution is 7.34. The number of alkyl halides is 1. The number of pyridine rings is 1. The highest BCUT2D eigenvalue weighted by Crippen LogP contribution is 2.40. The minimum absolute atomic E-state index is 0.0196. The van der Waals surface area contributed by atoms with E-state index >= 15 is 4.39 Å². The van der Waals surface area contributed by atoms with Crippen molar-refractivity contribution in [2.75, 3.05) is 26.8 Å². The quantitative estimate of drug-likeness (QED) is 0.122. The van der Waals surface area contributed by atoms with Crippen LogP contribution >= 0.6 is 19.5 Å². The van der Waals surface area contributed by atoms with E-state index in [0.717, 1.165) is 35.3 Å². The van der Waals surface area contributed by atoms with E-state index in [2.05, 4.69) is 15.0 Å². The van der Waals surface area contributed by atoms with Gasteiger partial charge in [-0.1, -0.05) is 35.9 Å². The maximum Gasteiger partial charge on any atom is 0.395 e. The number of nitrogens with one attached hydrogen (secondary N) is 1. The molecule has 0 radical (unpaired) electrons. The Hall–Kier alpha value is -4.98. The summed E-state index contributed by atoms with van der Waals surface area (Å²) in [5.41, 5.74) is 1.37. The van der Waals surface area contributed by atoms with Crippen molar-refractivity contribution >= 4 is 53.3 Å². The van der Waals surface area contributed by atoms with Gasteiger partial charge in [0, 0.05) is 53.3 Å². The van der Waals surface area contributed by atoms with Crippen molar-refractivity contribution in [2.24, 2.45) is 4.74 Å². The van der Waals surface area contributed by atoms with E-state index in [1.807, 2.05) is 13.0 Å². The summed E-state index contributed by atoms with van der Waals surface area (Å²) in [4.78, 5) is 74.4. The van der Waals surface area contributed by atoms with E-state index in [9.17, 15) is 24.1 Å². The van der Waals surface area contributed by atoms with Gasteiger partial charge in [0.05, 0.1) is 18.6 Å². The van der Waals surface area contributed by atoms with Gasteiger partial charge in [0.1, 0.15) is 17.8 Å². The third-order valence-corrected chi connectivity index (χ3v) is 12.8. The lowest BCUT2D eigenvalue weighted by Crippen LogP contribution is -2.58. The van der Waals surface area contributed by atoms with Crippen LogP contribution in [-0.4, -0.2) is 89.4 Å². The van der Waals surface area contributed by atoms with Crippen LogP contribution < -0.4 is 19.5 Å². The van der Waals surface area contributed by atoms with Crippen molar-refractivity contribution < 1.29 is 42.5 Å². The van der Waals surface area contributed by atoms with E-state index in [1.54, 1.807) is 65.7 Å². The number of carbonyl (C=O) groups excluding carboxylic acids is 4. The Balaban J connectivity index is 1.00. The van der Waals surface area contributed by atoms with E-state index in [-0.39, 0.29) is 47.3 Å². The van der Waals surface area contributed by atoms with Crippen LogP contribution in [0, 0.1) is 0 Å². The zero-order valence-corrected chi connectivity index (χ0v) is 33.7. The summed E-state index contributed by atoms with van der Waals surface area (Å²) < 4.78 is 36.8. The first-order valence-corrected chi connectivity index (χ1v) is 21.2. The number of benzene rings is 2. The first-order valence-electron chi connectivity index (χ1n) is 19.2. The van der Waals surface area contributed by atoms with Gasteiger partial charge in [-0.05, 0) is 86.7 Å². The van der Waals surface area contributed by atoms with Gasteiger partial charge in [0.25, 0.3) is 5.91 Å². The number of halogens is 1. The second-order valence-corrected chi connectivity index (χ2v) is 16.6. The van der Waals surface area contributed by atoms with Crippen molar-refractivity contribution in [1.82, 2.24) is 20.1 Å². The van der Waals surface area contributed by atoms with Crippen molar-refractivity contribution in [3.63, 3.8) is 0 Å². The number of carbonyl (C=O) groups is 4. The monoisotopic (exact) mass is 817 g/mol. The molecule has 4 aromatic rings. The average Bonchev–Trinajstić information content (AvgIpc) is 3.79. The van der Waals surface area contributed by atoms with Crippen molar-refractivity contribution in [1.29, 1.82) is 0 Å². The van der Waals surface area contributed by atoms with Gasteiger partial charge in [0.15, 0.2) is 18.0 Å². The summed E-state index contributed by atoms with van der Waals surface area (Å²) in [7, 11) is -1.09. The van der Waals surface area contributed by atoms with Gasteiger partial charge in [-0.2, -0.15) is 0 Å². The molecule has 3 aliphatic heterocycles. The molecule has 300 valence electrons. The Kier molecular flexibility index (Phi) is 12.5. The third kappa shape index (κ3) is 8.65. The van der Waals surface area contributed by atoms with Crippen LogP contribution in [0.1, 0.15) is 90.8 Å². The van der Waals surface area contributed by atoms with E-state index in [0.29, 0.717) is 42.6 Å². The van der Waals surface area contributed by atoms with E-state index in [1.165, 1.54) is 30.4 Å². The lowest BCUT2D eigenvalue weighted by atomic mass is 9.91. The molecule has 3 saturated heterocycles. The number of thiophene rings is 1. The minimum Gasteiger partial charge on any atom is -0.575 e. The number of likely N-dealkylation sites (tertiary alicyclic amines) is 1. The molecule has 0 bridgehead atoms. The maximum atomic E-state index is 16.2. The first-order chi connectivity index (χ1) is 27.6. The summed E-state index contributed by atoms with van der Waals surface area (Å²) in [6.07, 6.45) is 5.69. The molecular formula is C41H45FN5O8PS. The summed E-state index contributed by atoms with van der Waals surface area (Å²) >= 11 is 1.23. The van der Waals surface area contributed by atoms with Crippen LogP contribution in [0.15, 0.2) is 71.7 Å². The lowest BCUT2D eigenvalue weighted by molar-refractivity contribution is -0.169. The highest BCUT2D eigenvalue weighted by Gasteiger charge is 2.48. The van der Waals surface area contributed by atoms with E-state index in [4.69, 9.17) is 14.0 Å². The van der Waals surface area contributed by atoms with Crippen LogP contribution in [0.4, 0.5) is 4.39 Å². The zero-order valence-electron chi connectivity index (χ0n) is 32.0. The second-order valence-electron chi connectivity index (χ2n) is 14.6. The van der Waals surface area contributed by atoms with Crippen LogP contribution in [0.25, 0.3) is 10.1 Å². The number of hydrogen-bond donors (Lipinski definition) is 1. The number of ether oxygens (including phenoxy) is 2. The van der Waals surface area contributed by atoms with Crippen LogP contribution in [-0.2, 0) is 19.1 Å². The number of amides is 3. The Bertz CT molecular complexity index is 2180. The number of aromatic nitrogens is 1. The molecule has 1 N–H and O–H groups in total. The smallest absolute Gasteiger partial charge is 0.395 e. The molecule has 6 atom stereocenters. The number of fused-ring (bicyclic) bond motifs is 2. The Labute approximate surface area is 335 Å². The fourth-order valence-corrected chi connectivity index (χ4v) is 9.53. The molecule has 3 aliphatic rings. The number of para-hydroxylation sites is 1. The van der Waals surface area contributed by atoms with E-state index < -0.39 is 44.3 Å². The lowest BCUT2D eigenvalue weighted by Gasteiger charge is -2.42. The molecule has 0 saturated carbocycles. The van der Waals surface area contributed by atoms with Crippen LogP contribution in [0.5, 0.6) is 11.5 Å². The van der Waals surface area contributed by atoms with Gasteiger partial charge in [-0.25, -0.2) is 9.18 Å². The number of hydrogen-bond acceptors (Lipinski definition) is 11. The fraction of sp³-hybridized carbons (Fsp3) is 0.439. The maximum absolute atomic E-state index is 16.2. The Morgan fingerprint density at radius 3 is 2.68 bits per heavy atom. The van der Waals surface area contributed by atoms with Gasteiger partial charge in [-0.3, -0.25) is 23.9 Å². The van der Waals surface area contributed by atoms with Gasteiger partial charge in [-0.15, -0.1) is 11.3 Å². The first kappa shape index (κ1) is 40.2. The molecule has 3 fully saturated rings. The Morgan fingerprint density at radius 2 is 1.89 bits per heavy atom. The number of nitrogens with zero attached hydrogens (tertiary/aromatic N) is 4. The molecule has 0 aliphatic carbocycles. The average molecular weight is 818 g/mol. The largest absolute Gasteiger partial charge is 0.575 e. The SMILES string of the molecule is CCCOC(=O)[C@H](C)N=[P+]([O-])Oc1ccccc1[C@H](F)c1ccc2sc(C(=O)N[C@H]3CCC[C@H]4CC[C@@H](C(=O)N5CC(c6cnccc6OC)C5)N4C3=O)cc2c1. The molecule has 0 spiro atoms. The molecule has 1 unspecified atom stereocenters. The summed E-state index contributed by atoms with van der Waals surface area (Å²) in [5, 5.41) is 3.59. The van der Waals surface area contributed by atoms with Gasteiger partial charge in [0.2, 0.25) is 11.8 Å². The van der Waals surface area contributed by atoms with Crippen molar-refractivity contribution in [3.8, 4) is 11.5 Å². The predicted molar refractivity (Wildman–Crippen MR) is 211 cm³/mol. The predicted octanol–water partition coefficient (Wildman–Crippen LogP) is 6.21. The molecule has 7 rings (SSSR count). The van der Waals surface area contributed by atoms with Gasteiger partial charge >= 0.3 is 14.1 Å². The standard InChI is InChI=1S/C41H45FN5O8PS/c1-4-18-54-41(51)24(2)45-56(52)55-34-11-6-5-9-29(34)37(42)25-12-15-35-26(19-25)20-36(57-35)38(48)44-31-10-7-8-28-13-14-32(47(28)39(31)49)40(50)46-22-27(23-46)30-21-43-17-16-33(30)53-3/h5-6,9,11-12,15-17,19-21,24,27-28,31-32,37H,4,7-8,10,13-14,18,22-23H2,1-3H3,(H,44,48)/t24-,28-,31-,32-,37+/m0/s1. The molecular weight excluding hydrogens is 773 g/mol. The normalized spacial score (nSPS) is 21.0. The van der Waals surface area contributed by atoms with Crippen LogP contribution in [0.2, 0.25) is 0 Å². The molecule has 2 aromatic carbocycles. The molecule has 3 amide bonds. The minimum atomic E-state index is -2.71. The molecule has 5 heterocycles. The number of rotatable bonds is 13. The van der Waals surface area contributed by atoms with Crippen molar-refractivity contribution in [2.45, 2.75) is 88.6 Å². The number of esters is 1. The second kappa shape index (κ2) is 17.7. The summed E-state index contributed by atoms with van der Waals surface area (Å²) in [6, 6.07) is 12.3. The fourth-order valence-electron chi connectivity index (χ4n) is 7.82. The summed E-state index contributed by atoms with van der Waals surface area (Å²) in [5.74, 6) is -0.477. The molecule has 13 nitrogen and oxygen atoms in total. The van der Waals surface area contributed by atoms with Crippen LogP contribution in [0.3, 0.4) is 0 Å². The summed E-state index contributed by atoms with van der Waals surface area (Å²) in [6.45, 7) is 4.57. The topological polar surface area (TPSA) is 163 Å².